The largest absolute Gasteiger partial charge is 0.489 e. The van der Waals surface area contributed by atoms with Crippen LogP contribution in [0.3, 0.4) is 0 Å². The van der Waals surface area contributed by atoms with Crippen molar-refractivity contribution < 1.29 is 24.4 Å². The lowest BCUT2D eigenvalue weighted by Gasteiger charge is -2.25. The van der Waals surface area contributed by atoms with Crippen molar-refractivity contribution in [1.82, 2.24) is 0 Å². The van der Waals surface area contributed by atoms with Gasteiger partial charge in [0, 0.05) is 6.61 Å². The zero-order chi connectivity index (χ0) is 17.2. The number of carbonyl (C=O) groups excluding carboxylic acids is 1. The van der Waals surface area contributed by atoms with E-state index < -0.39 is 6.10 Å². The van der Waals surface area contributed by atoms with Crippen LogP contribution >= 0.6 is 0 Å². The van der Waals surface area contributed by atoms with Crippen molar-refractivity contribution in [2.45, 2.75) is 64.4 Å². The third-order valence-corrected chi connectivity index (χ3v) is 4.33. The molecule has 0 saturated heterocycles. The number of hydrogen-bond acceptors (Lipinski definition) is 5. The number of fused-ring (bicyclic) bond motifs is 1. The summed E-state index contributed by atoms with van der Waals surface area (Å²) in [7, 11) is 0. The number of ether oxygens (including phenoxy) is 2. The predicted molar refractivity (Wildman–Crippen MR) is 91.9 cm³/mol. The van der Waals surface area contributed by atoms with E-state index in [1.807, 2.05) is 0 Å². The molecule has 1 atom stereocenters. The van der Waals surface area contributed by atoms with Crippen molar-refractivity contribution in [2.75, 3.05) is 13.2 Å². The third-order valence-electron chi connectivity index (χ3n) is 4.33. The van der Waals surface area contributed by atoms with Crippen LogP contribution in [0.15, 0.2) is 18.2 Å². The van der Waals surface area contributed by atoms with Gasteiger partial charge in [0.1, 0.15) is 17.9 Å². The lowest BCUT2D eigenvalue weighted by Crippen LogP contribution is -2.35. The molecular formula is C19H28O5. The van der Waals surface area contributed by atoms with Crippen LogP contribution in [0.25, 0.3) is 0 Å². The SMILES string of the molecule is CCCCCCCCCCOC1COc2cccc(OO)c2C1=O. The number of rotatable bonds is 11. The summed E-state index contributed by atoms with van der Waals surface area (Å²) in [5.41, 5.74) is 0.257. The van der Waals surface area contributed by atoms with E-state index in [9.17, 15) is 4.79 Å². The maximum Gasteiger partial charge on any atom is 0.202 e. The fraction of sp³-hybridized carbons (Fsp3) is 0.632. The molecule has 1 aliphatic rings. The molecule has 1 N–H and O–H groups in total. The number of carbonyl (C=O) groups is 1. The van der Waals surface area contributed by atoms with E-state index in [1.165, 1.54) is 44.6 Å². The maximum atomic E-state index is 12.5. The van der Waals surface area contributed by atoms with E-state index in [0.717, 1.165) is 12.8 Å². The zero-order valence-electron chi connectivity index (χ0n) is 14.5. The average Bonchev–Trinajstić information content (AvgIpc) is 2.61. The van der Waals surface area contributed by atoms with E-state index in [2.05, 4.69) is 11.8 Å². The van der Waals surface area contributed by atoms with Crippen molar-refractivity contribution >= 4 is 5.78 Å². The first-order chi connectivity index (χ1) is 11.8. The molecule has 1 unspecified atom stereocenters. The Labute approximate surface area is 143 Å². The minimum atomic E-state index is -0.627. The minimum Gasteiger partial charge on any atom is -0.489 e. The predicted octanol–water partition coefficient (Wildman–Crippen LogP) is 4.64. The van der Waals surface area contributed by atoms with Gasteiger partial charge in [0.2, 0.25) is 5.78 Å². The van der Waals surface area contributed by atoms with Gasteiger partial charge in [-0.2, -0.15) is 0 Å². The maximum absolute atomic E-state index is 12.5. The molecule has 134 valence electrons. The summed E-state index contributed by atoms with van der Waals surface area (Å²) in [5.74, 6) is 0.344. The topological polar surface area (TPSA) is 65.0 Å². The van der Waals surface area contributed by atoms with Gasteiger partial charge in [0.25, 0.3) is 0 Å². The number of unbranched alkanes of at least 4 members (excludes halogenated alkanes) is 7. The highest BCUT2D eigenvalue weighted by atomic mass is 17.1. The molecule has 0 aliphatic carbocycles. The van der Waals surface area contributed by atoms with Gasteiger partial charge in [-0.05, 0) is 18.6 Å². The summed E-state index contributed by atoms with van der Waals surface area (Å²) in [4.78, 5) is 16.7. The molecule has 0 fully saturated rings. The molecule has 1 aromatic carbocycles. The van der Waals surface area contributed by atoms with Crippen LogP contribution in [0.4, 0.5) is 0 Å². The van der Waals surface area contributed by atoms with Gasteiger partial charge in [-0.25, -0.2) is 5.26 Å². The van der Waals surface area contributed by atoms with Crippen molar-refractivity contribution in [2.24, 2.45) is 0 Å². The van der Waals surface area contributed by atoms with Crippen LogP contribution in [-0.4, -0.2) is 30.4 Å². The third kappa shape index (κ3) is 5.21. The first-order valence-corrected chi connectivity index (χ1v) is 9.01. The van der Waals surface area contributed by atoms with Crippen LogP contribution in [0.2, 0.25) is 0 Å². The molecule has 1 aliphatic heterocycles. The average molecular weight is 336 g/mol. The minimum absolute atomic E-state index is 0.109. The highest BCUT2D eigenvalue weighted by Crippen LogP contribution is 2.33. The Morgan fingerprint density at radius 1 is 1.12 bits per heavy atom. The fourth-order valence-corrected chi connectivity index (χ4v) is 2.94. The second-order valence-corrected chi connectivity index (χ2v) is 6.23. The van der Waals surface area contributed by atoms with E-state index in [0.29, 0.717) is 12.4 Å². The molecule has 1 aromatic rings. The lowest BCUT2D eigenvalue weighted by molar-refractivity contribution is -0.138. The summed E-state index contributed by atoms with van der Waals surface area (Å²) in [5, 5.41) is 8.90. The Kier molecular flexibility index (Phi) is 8.05. The molecule has 5 nitrogen and oxygen atoms in total. The Morgan fingerprint density at radius 3 is 2.54 bits per heavy atom. The molecule has 0 spiro atoms. The van der Waals surface area contributed by atoms with E-state index in [4.69, 9.17) is 14.7 Å². The van der Waals surface area contributed by atoms with Crippen LogP contribution in [0.1, 0.15) is 68.6 Å². The first kappa shape index (κ1) is 18.7. The molecule has 24 heavy (non-hydrogen) atoms. The Balaban J connectivity index is 1.68. The van der Waals surface area contributed by atoms with Gasteiger partial charge >= 0.3 is 0 Å². The summed E-state index contributed by atoms with van der Waals surface area (Å²) in [6.07, 6.45) is 9.17. The van der Waals surface area contributed by atoms with E-state index >= 15 is 0 Å². The van der Waals surface area contributed by atoms with E-state index in [1.54, 1.807) is 12.1 Å². The molecule has 0 bridgehead atoms. The second-order valence-electron chi connectivity index (χ2n) is 6.23. The van der Waals surface area contributed by atoms with Gasteiger partial charge in [-0.15, -0.1) is 0 Å². The zero-order valence-corrected chi connectivity index (χ0v) is 14.5. The number of Topliss-reactive ketones (excluding diaryl/α,β-unsaturated/α-hetero) is 1. The Bertz CT molecular complexity index is 500. The van der Waals surface area contributed by atoms with Gasteiger partial charge in [-0.3, -0.25) is 4.79 Å². The highest BCUT2D eigenvalue weighted by molar-refractivity contribution is 6.05. The van der Waals surface area contributed by atoms with Crippen LogP contribution in [0.5, 0.6) is 11.5 Å². The van der Waals surface area contributed by atoms with Crippen LogP contribution < -0.4 is 9.62 Å². The van der Waals surface area contributed by atoms with Crippen LogP contribution in [-0.2, 0) is 4.74 Å². The van der Waals surface area contributed by atoms with Crippen molar-refractivity contribution in [3.63, 3.8) is 0 Å². The fourth-order valence-electron chi connectivity index (χ4n) is 2.94. The van der Waals surface area contributed by atoms with Crippen molar-refractivity contribution in [3.05, 3.63) is 23.8 Å². The summed E-state index contributed by atoms with van der Waals surface area (Å²) in [6.45, 7) is 2.98. The first-order valence-electron chi connectivity index (χ1n) is 9.01. The normalized spacial score (nSPS) is 16.6. The van der Waals surface area contributed by atoms with Gasteiger partial charge in [0.15, 0.2) is 11.9 Å². The molecule has 0 saturated carbocycles. The molecule has 0 aromatic heterocycles. The quantitative estimate of drug-likeness (QED) is 0.362. The molecule has 0 radical (unpaired) electrons. The molecular weight excluding hydrogens is 308 g/mol. The monoisotopic (exact) mass is 336 g/mol. The second kappa shape index (κ2) is 10.3. The standard InChI is InChI=1S/C19H28O5/c1-2-3-4-5-6-7-8-9-13-22-17-14-23-15-11-10-12-16(24-21)18(15)19(17)20/h10-12,17,21H,2-9,13-14H2,1H3. The Hall–Kier alpha value is -1.59. The number of ketones is 1. The molecule has 5 heteroatoms. The van der Waals surface area contributed by atoms with Gasteiger partial charge < -0.3 is 14.4 Å². The van der Waals surface area contributed by atoms with Crippen molar-refractivity contribution in [1.29, 1.82) is 0 Å². The van der Waals surface area contributed by atoms with Crippen molar-refractivity contribution in [3.8, 4) is 11.5 Å². The van der Waals surface area contributed by atoms with Gasteiger partial charge in [-0.1, -0.05) is 57.9 Å². The van der Waals surface area contributed by atoms with Crippen LogP contribution in [0, 0.1) is 0 Å². The highest BCUT2D eigenvalue weighted by Gasteiger charge is 2.32. The summed E-state index contributed by atoms with van der Waals surface area (Å²) in [6, 6.07) is 4.88. The van der Waals surface area contributed by atoms with E-state index in [-0.39, 0.29) is 23.7 Å². The molecule has 1 heterocycles. The summed E-state index contributed by atoms with van der Waals surface area (Å²) >= 11 is 0. The summed E-state index contributed by atoms with van der Waals surface area (Å²) < 4.78 is 11.2. The number of hydrogen-bond donors (Lipinski definition) is 1. The number of benzene rings is 1. The smallest absolute Gasteiger partial charge is 0.202 e. The lowest BCUT2D eigenvalue weighted by atomic mass is 10.0. The molecule has 0 amide bonds. The van der Waals surface area contributed by atoms with Gasteiger partial charge in [0.05, 0.1) is 0 Å². The molecule has 2 rings (SSSR count). The Morgan fingerprint density at radius 2 is 1.83 bits per heavy atom.